The van der Waals surface area contributed by atoms with Gasteiger partial charge in [-0.1, -0.05) is 23.7 Å². The average Bonchev–Trinajstić information content (AvgIpc) is 3.55. The molecule has 1 aromatic heterocycles. The summed E-state index contributed by atoms with van der Waals surface area (Å²) in [5.41, 5.74) is 1.57. The molecule has 2 aliphatic rings. The minimum Gasteiger partial charge on any atom is -0.476 e. The first-order chi connectivity index (χ1) is 16.0. The number of benzene rings is 2. The van der Waals surface area contributed by atoms with E-state index in [1.165, 1.54) is 35.1 Å². The molecule has 8 heteroatoms. The Hall–Kier alpha value is -3.21. The van der Waals surface area contributed by atoms with E-state index in [0.29, 0.717) is 29.7 Å². The van der Waals surface area contributed by atoms with Crippen LogP contribution >= 0.6 is 11.6 Å². The third kappa shape index (κ3) is 4.37. The first kappa shape index (κ1) is 21.6. The third-order valence-electron chi connectivity index (χ3n) is 6.16. The predicted octanol–water partition coefficient (Wildman–Crippen LogP) is 4.43. The zero-order chi connectivity index (χ0) is 22.9. The summed E-state index contributed by atoms with van der Waals surface area (Å²) >= 11 is 6.41. The second-order valence-electron chi connectivity index (χ2n) is 8.54. The van der Waals surface area contributed by atoms with Gasteiger partial charge in [0.05, 0.1) is 17.9 Å². The van der Waals surface area contributed by atoms with Gasteiger partial charge in [0, 0.05) is 18.0 Å². The Bertz CT molecular complexity index is 1290. The second-order valence-corrected chi connectivity index (χ2v) is 8.92. The molecule has 1 aliphatic heterocycles. The van der Waals surface area contributed by atoms with Crippen LogP contribution in [0.2, 0.25) is 5.02 Å². The molecule has 2 aromatic carbocycles. The summed E-state index contributed by atoms with van der Waals surface area (Å²) in [7, 11) is 0. The van der Waals surface area contributed by atoms with Gasteiger partial charge in [0.1, 0.15) is 11.9 Å². The highest BCUT2D eigenvalue weighted by molar-refractivity contribution is 6.31. The van der Waals surface area contributed by atoms with Gasteiger partial charge in [-0.3, -0.25) is 9.36 Å². The van der Waals surface area contributed by atoms with Crippen LogP contribution in [0.4, 0.5) is 4.39 Å². The fourth-order valence-electron chi connectivity index (χ4n) is 4.12. The van der Waals surface area contributed by atoms with Crippen LogP contribution in [0.25, 0.3) is 17.1 Å². The first-order valence-electron chi connectivity index (χ1n) is 11.0. The van der Waals surface area contributed by atoms with Gasteiger partial charge in [0.2, 0.25) is 5.88 Å². The summed E-state index contributed by atoms with van der Waals surface area (Å²) < 4.78 is 21.7. The van der Waals surface area contributed by atoms with Crippen LogP contribution in [0.1, 0.15) is 36.3 Å². The zero-order valence-electron chi connectivity index (χ0n) is 17.9. The topological polar surface area (TPSA) is 79.9 Å². The van der Waals surface area contributed by atoms with E-state index >= 15 is 0 Å². The summed E-state index contributed by atoms with van der Waals surface area (Å²) in [6.07, 6.45) is 3.31. The van der Waals surface area contributed by atoms with E-state index in [0.717, 1.165) is 19.5 Å². The molecule has 1 saturated heterocycles. The molecule has 6 nitrogen and oxygen atoms in total. The molecule has 1 N–H and O–H groups in total. The van der Waals surface area contributed by atoms with Crippen molar-refractivity contribution in [3.63, 3.8) is 0 Å². The molecule has 0 spiro atoms. The van der Waals surface area contributed by atoms with Crippen molar-refractivity contribution >= 4 is 11.6 Å². The van der Waals surface area contributed by atoms with Crippen molar-refractivity contribution in [3.05, 3.63) is 74.8 Å². The highest BCUT2D eigenvalue weighted by Crippen LogP contribution is 2.40. The maximum absolute atomic E-state index is 14.4. The number of halogens is 2. The molecule has 0 unspecified atom stereocenters. The molecular formula is C25H22ClFN4O2. The van der Waals surface area contributed by atoms with Crippen molar-refractivity contribution in [2.45, 2.75) is 25.2 Å². The molecule has 2 heterocycles. The maximum atomic E-state index is 14.4. The van der Waals surface area contributed by atoms with Crippen molar-refractivity contribution in [2.75, 3.05) is 19.7 Å². The Morgan fingerprint density at radius 1 is 1.21 bits per heavy atom. The van der Waals surface area contributed by atoms with Gasteiger partial charge in [-0.2, -0.15) is 10.2 Å². The Labute approximate surface area is 195 Å². The van der Waals surface area contributed by atoms with Crippen LogP contribution < -0.4 is 15.6 Å². The van der Waals surface area contributed by atoms with Gasteiger partial charge in [0.15, 0.2) is 10.8 Å². The molecule has 1 atom stereocenters. The van der Waals surface area contributed by atoms with E-state index in [1.54, 1.807) is 6.07 Å². The Balaban J connectivity index is 1.61. The minimum atomic E-state index is -0.686. The summed E-state index contributed by atoms with van der Waals surface area (Å²) in [5.74, 6) is 0.418. The Kier molecular flexibility index (Phi) is 5.88. The molecule has 3 aromatic rings. The lowest BCUT2D eigenvalue weighted by molar-refractivity contribution is 0.250. The largest absolute Gasteiger partial charge is 0.476 e. The number of nitrogens with zero attached hydrogens (tertiary/aromatic N) is 3. The van der Waals surface area contributed by atoms with Crippen LogP contribution in [0.5, 0.6) is 5.88 Å². The van der Waals surface area contributed by atoms with Crippen molar-refractivity contribution in [1.82, 2.24) is 14.9 Å². The zero-order valence-corrected chi connectivity index (χ0v) is 18.6. The van der Waals surface area contributed by atoms with Gasteiger partial charge in [0.25, 0.3) is 5.56 Å². The molecule has 168 valence electrons. The van der Waals surface area contributed by atoms with Gasteiger partial charge in [-0.05, 0) is 67.6 Å². The van der Waals surface area contributed by atoms with Gasteiger partial charge < -0.3 is 10.1 Å². The number of ether oxygens (including phenoxy) is 1. The molecule has 1 aliphatic carbocycles. The highest BCUT2D eigenvalue weighted by atomic mass is 35.5. The fraction of sp³-hybridized carbons (Fsp3) is 0.320. The van der Waals surface area contributed by atoms with E-state index < -0.39 is 11.4 Å². The third-order valence-corrected chi connectivity index (χ3v) is 6.49. The molecule has 0 amide bonds. The van der Waals surface area contributed by atoms with Gasteiger partial charge in [-0.15, -0.1) is 0 Å². The lowest BCUT2D eigenvalue weighted by Gasteiger charge is -2.17. The van der Waals surface area contributed by atoms with Crippen LogP contribution in [0.15, 0.2) is 47.3 Å². The van der Waals surface area contributed by atoms with Gasteiger partial charge >= 0.3 is 0 Å². The monoisotopic (exact) mass is 464 g/mol. The highest BCUT2D eigenvalue weighted by Gasteiger charge is 2.25. The summed E-state index contributed by atoms with van der Waals surface area (Å²) in [6, 6.07) is 13.6. The molecule has 0 bridgehead atoms. The van der Waals surface area contributed by atoms with Crippen LogP contribution in [-0.4, -0.2) is 29.2 Å². The SMILES string of the molecule is N#Cc1ccc(-c2nc(OC[C@H]3CCNC3)c(Cl)c(=O)n2-c2ccc(C3CC3)cc2)cc1F. The van der Waals surface area contributed by atoms with Crippen LogP contribution in [0, 0.1) is 23.1 Å². The lowest BCUT2D eigenvalue weighted by Crippen LogP contribution is -2.24. The molecule has 5 rings (SSSR count). The smallest absolute Gasteiger partial charge is 0.281 e. The fourth-order valence-corrected chi connectivity index (χ4v) is 4.30. The number of aromatic nitrogens is 2. The Morgan fingerprint density at radius 2 is 2.00 bits per heavy atom. The maximum Gasteiger partial charge on any atom is 0.281 e. The average molecular weight is 465 g/mol. The standard InChI is InChI=1S/C25H22ClFN4O2/c26-22-24(33-14-15-9-10-29-13-15)30-23(18-3-4-19(12-28)21(27)11-18)31(25(22)32)20-7-5-17(6-8-20)16-1-2-16/h3-8,11,15-16,29H,1-2,9-10,13-14H2/t15-/m0/s1. The van der Waals surface area contributed by atoms with E-state index in [4.69, 9.17) is 21.6 Å². The number of rotatable bonds is 6. The van der Waals surface area contributed by atoms with E-state index in [-0.39, 0.29) is 22.3 Å². The van der Waals surface area contributed by atoms with Crippen molar-refractivity contribution < 1.29 is 9.13 Å². The van der Waals surface area contributed by atoms with Crippen LogP contribution in [0.3, 0.4) is 0 Å². The summed E-state index contributed by atoms with van der Waals surface area (Å²) in [5, 5.41) is 12.2. The molecule has 2 fully saturated rings. The van der Waals surface area contributed by atoms with E-state index in [2.05, 4.69) is 10.3 Å². The van der Waals surface area contributed by atoms with Gasteiger partial charge in [-0.25, -0.2) is 4.39 Å². The van der Waals surface area contributed by atoms with Crippen LogP contribution in [-0.2, 0) is 0 Å². The molecule has 33 heavy (non-hydrogen) atoms. The predicted molar refractivity (Wildman–Crippen MR) is 123 cm³/mol. The number of hydrogen-bond donors (Lipinski definition) is 1. The normalized spacial score (nSPS) is 17.7. The van der Waals surface area contributed by atoms with Crippen molar-refractivity contribution in [3.8, 4) is 29.0 Å². The van der Waals surface area contributed by atoms with E-state index in [1.807, 2.05) is 30.3 Å². The number of nitriles is 1. The van der Waals surface area contributed by atoms with E-state index in [9.17, 15) is 9.18 Å². The lowest BCUT2D eigenvalue weighted by atomic mass is 10.1. The first-order valence-corrected chi connectivity index (χ1v) is 11.4. The minimum absolute atomic E-state index is 0.0270. The number of nitrogens with one attached hydrogen (secondary N) is 1. The number of hydrogen-bond acceptors (Lipinski definition) is 5. The van der Waals surface area contributed by atoms with Crippen molar-refractivity contribution in [1.29, 1.82) is 5.26 Å². The molecular weight excluding hydrogens is 443 g/mol. The summed E-state index contributed by atoms with van der Waals surface area (Å²) in [6.45, 7) is 2.12. The second kappa shape index (κ2) is 8.97. The quantitative estimate of drug-likeness (QED) is 0.583. The van der Waals surface area contributed by atoms with Crippen molar-refractivity contribution in [2.24, 2.45) is 5.92 Å². The molecule has 1 saturated carbocycles. The summed E-state index contributed by atoms with van der Waals surface area (Å²) in [4.78, 5) is 17.9. The molecule has 0 radical (unpaired) electrons. The Morgan fingerprint density at radius 3 is 2.64 bits per heavy atom.